The van der Waals surface area contributed by atoms with Crippen molar-refractivity contribution in [2.75, 3.05) is 19.3 Å². The maximum Gasteiger partial charge on any atom is 0.155 e. The Morgan fingerprint density at radius 1 is 0.957 bits per heavy atom. The molecule has 4 heteroatoms. The molecule has 0 heterocycles. The molecule has 2 aromatic rings. The molecule has 23 heavy (non-hydrogen) atoms. The zero-order valence-corrected chi connectivity index (χ0v) is 14.3. The van der Waals surface area contributed by atoms with Gasteiger partial charge in [-0.15, -0.1) is 0 Å². The van der Waals surface area contributed by atoms with Crippen LogP contribution in [0.25, 0.3) is 0 Å². The van der Waals surface area contributed by atoms with Crippen LogP contribution >= 0.6 is 0 Å². The lowest BCUT2D eigenvalue weighted by atomic mass is 10.1. The molecule has 0 saturated carbocycles. The molecular weight excluding hydrogens is 306 g/mol. The SMILES string of the molecule is CN(CCS(=O)(=O)Cc1ccccc1)C1Cc2ccccc2C1. The lowest BCUT2D eigenvalue weighted by Crippen LogP contribution is -2.36. The fourth-order valence-electron chi connectivity index (χ4n) is 3.21. The average Bonchev–Trinajstić information content (AvgIpc) is 2.97. The average molecular weight is 329 g/mol. The molecule has 0 saturated heterocycles. The van der Waals surface area contributed by atoms with E-state index in [0.717, 1.165) is 18.4 Å². The van der Waals surface area contributed by atoms with Gasteiger partial charge >= 0.3 is 0 Å². The fourth-order valence-corrected chi connectivity index (χ4v) is 4.62. The van der Waals surface area contributed by atoms with E-state index >= 15 is 0 Å². The monoisotopic (exact) mass is 329 g/mol. The minimum Gasteiger partial charge on any atom is -0.302 e. The molecule has 1 aliphatic rings. The summed E-state index contributed by atoms with van der Waals surface area (Å²) in [5.74, 6) is 0.345. The first-order valence-electron chi connectivity index (χ1n) is 8.05. The van der Waals surface area contributed by atoms with Crippen LogP contribution in [-0.2, 0) is 28.4 Å². The van der Waals surface area contributed by atoms with E-state index in [4.69, 9.17) is 0 Å². The van der Waals surface area contributed by atoms with E-state index in [1.54, 1.807) is 0 Å². The molecule has 0 amide bonds. The molecule has 1 aliphatic carbocycles. The molecule has 3 nitrogen and oxygen atoms in total. The van der Waals surface area contributed by atoms with E-state index in [1.807, 2.05) is 37.4 Å². The molecule has 0 spiro atoms. The first-order valence-corrected chi connectivity index (χ1v) is 9.87. The van der Waals surface area contributed by atoms with E-state index in [2.05, 4.69) is 29.2 Å². The van der Waals surface area contributed by atoms with Gasteiger partial charge in [0, 0.05) is 12.6 Å². The molecule has 3 rings (SSSR count). The summed E-state index contributed by atoms with van der Waals surface area (Å²) < 4.78 is 24.6. The summed E-state index contributed by atoms with van der Waals surface area (Å²) in [7, 11) is -1.03. The molecular formula is C19H23NO2S. The Balaban J connectivity index is 1.54. The third-order valence-electron chi connectivity index (χ3n) is 4.64. The first kappa shape index (κ1) is 16.2. The lowest BCUT2D eigenvalue weighted by Gasteiger charge is -2.23. The van der Waals surface area contributed by atoms with Gasteiger partial charge in [-0.1, -0.05) is 54.6 Å². The van der Waals surface area contributed by atoms with Crippen LogP contribution in [0.5, 0.6) is 0 Å². The highest BCUT2D eigenvalue weighted by Crippen LogP contribution is 2.24. The Morgan fingerprint density at radius 2 is 1.52 bits per heavy atom. The second kappa shape index (κ2) is 6.85. The summed E-state index contributed by atoms with van der Waals surface area (Å²) in [6, 6.07) is 18.3. The predicted molar refractivity (Wildman–Crippen MR) is 94.2 cm³/mol. The van der Waals surface area contributed by atoms with E-state index in [1.165, 1.54) is 11.1 Å². The molecule has 0 radical (unpaired) electrons. The summed E-state index contributed by atoms with van der Waals surface area (Å²) in [5, 5.41) is 0. The Hall–Kier alpha value is -1.65. The van der Waals surface area contributed by atoms with Crippen molar-refractivity contribution in [3.8, 4) is 0 Å². The molecule has 2 aromatic carbocycles. The highest BCUT2D eigenvalue weighted by molar-refractivity contribution is 7.90. The van der Waals surface area contributed by atoms with Crippen LogP contribution in [0, 0.1) is 0 Å². The van der Waals surface area contributed by atoms with Crippen LogP contribution in [0.3, 0.4) is 0 Å². The van der Waals surface area contributed by atoms with Gasteiger partial charge < -0.3 is 4.90 Å². The van der Waals surface area contributed by atoms with Gasteiger partial charge in [0.2, 0.25) is 0 Å². The summed E-state index contributed by atoms with van der Waals surface area (Å²) in [6.45, 7) is 0.591. The van der Waals surface area contributed by atoms with Crippen LogP contribution in [-0.4, -0.2) is 38.7 Å². The van der Waals surface area contributed by atoms with Crippen LogP contribution in [0.15, 0.2) is 54.6 Å². The highest BCUT2D eigenvalue weighted by Gasteiger charge is 2.25. The van der Waals surface area contributed by atoms with E-state index in [9.17, 15) is 8.42 Å². The number of nitrogens with zero attached hydrogens (tertiary/aromatic N) is 1. The van der Waals surface area contributed by atoms with Crippen molar-refractivity contribution in [2.24, 2.45) is 0 Å². The number of rotatable bonds is 6. The topological polar surface area (TPSA) is 37.4 Å². The number of hydrogen-bond donors (Lipinski definition) is 0. The van der Waals surface area contributed by atoms with E-state index in [-0.39, 0.29) is 11.5 Å². The number of sulfone groups is 1. The van der Waals surface area contributed by atoms with Crippen molar-refractivity contribution in [3.63, 3.8) is 0 Å². The van der Waals surface area contributed by atoms with Gasteiger partial charge in [0.25, 0.3) is 0 Å². The maximum absolute atomic E-state index is 12.3. The molecule has 0 aromatic heterocycles. The van der Waals surface area contributed by atoms with Crippen LogP contribution < -0.4 is 0 Å². The van der Waals surface area contributed by atoms with Crippen LogP contribution in [0.2, 0.25) is 0 Å². The first-order chi connectivity index (χ1) is 11.0. The minimum absolute atomic E-state index is 0.132. The van der Waals surface area contributed by atoms with Gasteiger partial charge in [-0.3, -0.25) is 0 Å². The standard InChI is InChI=1S/C19H23NO2S/c1-20(19-13-17-9-5-6-10-18(17)14-19)11-12-23(21,22)15-16-7-3-2-4-8-16/h2-10,19H,11-15H2,1H3. The minimum atomic E-state index is -3.07. The van der Waals surface area contributed by atoms with Crippen molar-refractivity contribution in [2.45, 2.75) is 24.6 Å². The van der Waals surface area contributed by atoms with E-state index < -0.39 is 9.84 Å². The molecule has 0 N–H and O–H groups in total. The van der Waals surface area contributed by atoms with Gasteiger partial charge in [-0.25, -0.2) is 8.42 Å². The van der Waals surface area contributed by atoms with Crippen molar-refractivity contribution in [1.29, 1.82) is 0 Å². The van der Waals surface area contributed by atoms with Gasteiger partial charge in [0.05, 0.1) is 11.5 Å². The fraction of sp³-hybridized carbons (Fsp3) is 0.368. The zero-order chi connectivity index (χ0) is 16.3. The van der Waals surface area contributed by atoms with Gasteiger partial charge in [-0.05, 0) is 36.6 Å². The third-order valence-corrected chi connectivity index (χ3v) is 6.21. The van der Waals surface area contributed by atoms with Gasteiger partial charge in [0.1, 0.15) is 0 Å². The summed E-state index contributed by atoms with van der Waals surface area (Å²) >= 11 is 0. The molecule has 0 atom stereocenters. The molecule has 0 aliphatic heterocycles. The number of likely N-dealkylation sites (N-methyl/N-ethyl adjacent to an activating group) is 1. The maximum atomic E-state index is 12.3. The Kier molecular flexibility index (Phi) is 4.83. The van der Waals surface area contributed by atoms with Crippen molar-refractivity contribution in [3.05, 3.63) is 71.3 Å². The summed E-state index contributed by atoms with van der Waals surface area (Å²) in [6.07, 6.45) is 2.04. The third kappa shape index (κ3) is 4.21. The van der Waals surface area contributed by atoms with Crippen LogP contribution in [0.1, 0.15) is 16.7 Å². The zero-order valence-electron chi connectivity index (χ0n) is 13.5. The second-order valence-corrected chi connectivity index (χ2v) is 8.57. The normalized spacial score (nSPS) is 15.0. The summed E-state index contributed by atoms with van der Waals surface area (Å²) in [4.78, 5) is 2.20. The van der Waals surface area contributed by atoms with Crippen LogP contribution in [0.4, 0.5) is 0 Å². The Morgan fingerprint density at radius 3 is 2.13 bits per heavy atom. The molecule has 0 unspecified atom stereocenters. The smallest absolute Gasteiger partial charge is 0.155 e. The Bertz CT molecular complexity index is 731. The predicted octanol–water partition coefficient (Wildman–Crippen LogP) is 2.70. The summed E-state index contributed by atoms with van der Waals surface area (Å²) in [5.41, 5.74) is 3.66. The highest BCUT2D eigenvalue weighted by atomic mass is 32.2. The molecule has 122 valence electrons. The van der Waals surface area contributed by atoms with Crippen molar-refractivity contribution < 1.29 is 8.42 Å². The second-order valence-electron chi connectivity index (χ2n) is 6.39. The van der Waals surface area contributed by atoms with E-state index in [0.29, 0.717) is 12.6 Å². The van der Waals surface area contributed by atoms with Crippen molar-refractivity contribution >= 4 is 9.84 Å². The van der Waals surface area contributed by atoms with Gasteiger partial charge in [-0.2, -0.15) is 0 Å². The molecule has 0 fully saturated rings. The lowest BCUT2D eigenvalue weighted by molar-refractivity contribution is 0.263. The number of hydrogen-bond acceptors (Lipinski definition) is 3. The van der Waals surface area contributed by atoms with Crippen molar-refractivity contribution in [1.82, 2.24) is 4.90 Å². The Labute approximate surface area is 138 Å². The molecule has 0 bridgehead atoms. The van der Waals surface area contributed by atoms with Gasteiger partial charge in [0.15, 0.2) is 9.84 Å². The number of fused-ring (bicyclic) bond motifs is 1. The largest absolute Gasteiger partial charge is 0.302 e. The number of benzene rings is 2. The quantitative estimate of drug-likeness (QED) is 0.818.